The molecule has 2 aromatic heterocycles. The SMILES string of the molecule is CCN(C(=O)CN1CCOCC1=O)C(c1cccnc1)c1nccn1C. The van der Waals surface area contributed by atoms with Crippen LogP contribution in [0.15, 0.2) is 36.9 Å². The van der Waals surface area contributed by atoms with Gasteiger partial charge in [-0.05, 0) is 13.0 Å². The van der Waals surface area contributed by atoms with Gasteiger partial charge in [-0.2, -0.15) is 0 Å². The highest BCUT2D eigenvalue weighted by atomic mass is 16.5. The van der Waals surface area contributed by atoms with Gasteiger partial charge in [-0.25, -0.2) is 4.98 Å². The number of imidazole rings is 1. The number of ether oxygens (including phenoxy) is 1. The molecule has 0 N–H and O–H groups in total. The third-order valence-electron chi connectivity index (χ3n) is 4.49. The number of aryl methyl sites for hydroxylation is 1. The zero-order valence-corrected chi connectivity index (χ0v) is 15.0. The number of hydrogen-bond donors (Lipinski definition) is 0. The molecule has 1 fully saturated rings. The van der Waals surface area contributed by atoms with Gasteiger partial charge in [-0.3, -0.25) is 14.6 Å². The molecule has 3 heterocycles. The van der Waals surface area contributed by atoms with E-state index in [0.717, 1.165) is 11.4 Å². The van der Waals surface area contributed by atoms with Crippen molar-refractivity contribution in [2.45, 2.75) is 13.0 Å². The number of hydrogen-bond acceptors (Lipinski definition) is 5. The normalized spacial score (nSPS) is 15.8. The molecule has 138 valence electrons. The minimum Gasteiger partial charge on any atom is -0.370 e. The van der Waals surface area contributed by atoms with Crippen molar-refractivity contribution in [3.63, 3.8) is 0 Å². The van der Waals surface area contributed by atoms with Crippen LogP contribution in [0.4, 0.5) is 0 Å². The van der Waals surface area contributed by atoms with Gasteiger partial charge in [0.15, 0.2) is 0 Å². The predicted octanol–water partition coefficient (Wildman–Crippen LogP) is 0.612. The van der Waals surface area contributed by atoms with Crippen molar-refractivity contribution < 1.29 is 14.3 Å². The summed E-state index contributed by atoms with van der Waals surface area (Å²) in [6.45, 7) is 3.37. The lowest BCUT2D eigenvalue weighted by atomic mass is 10.1. The number of carbonyl (C=O) groups is 2. The zero-order valence-electron chi connectivity index (χ0n) is 15.0. The van der Waals surface area contributed by atoms with E-state index in [1.807, 2.05) is 36.9 Å². The Morgan fingerprint density at radius 1 is 1.42 bits per heavy atom. The minimum absolute atomic E-state index is 0.0325. The molecule has 2 aromatic rings. The second-order valence-electron chi connectivity index (χ2n) is 6.13. The smallest absolute Gasteiger partial charge is 0.249 e. The predicted molar refractivity (Wildman–Crippen MR) is 94.1 cm³/mol. The maximum absolute atomic E-state index is 13.0. The molecule has 3 rings (SSSR count). The van der Waals surface area contributed by atoms with Gasteiger partial charge >= 0.3 is 0 Å². The van der Waals surface area contributed by atoms with Crippen molar-refractivity contribution in [3.05, 3.63) is 48.3 Å². The van der Waals surface area contributed by atoms with Gasteiger partial charge in [-0.1, -0.05) is 6.07 Å². The number of rotatable bonds is 6. The molecule has 0 saturated carbocycles. The average molecular weight is 357 g/mol. The van der Waals surface area contributed by atoms with Gasteiger partial charge in [-0.15, -0.1) is 0 Å². The van der Waals surface area contributed by atoms with E-state index in [1.54, 1.807) is 28.4 Å². The third kappa shape index (κ3) is 3.75. The van der Waals surface area contributed by atoms with Crippen LogP contribution >= 0.6 is 0 Å². The summed E-state index contributed by atoms with van der Waals surface area (Å²) in [6.07, 6.45) is 7.00. The minimum atomic E-state index is -0.364. The van der Waals surface area contributed by atoms with Crippen molar-refractivity contribution >= 4 is 11.8 Å². The molecule has 1 aliphatic rings. The molecule has 2 amide bonds. The van der Waals surface area contributed by atoms with Gasteiger partial charge in [0.05, 0.1) is 13.2 Å². The Morgan fingerprint density at radius 2 is 2.27 bits per heavy atom. The Labute approximate surface area is 152 Å². The van der Waals surface area contributed by atoms with Gasteiger partial charge in [0.25, 0.3) is 0 Å². The van der Waals surface area contributed by atoms with Crippen LogP contribution in [0.1, 0.15) is 24.4 Å². The molecule has 1 unspecified atom stereocenters. The second kappa shape index (κ2) is 8.09. The van der Waals surface area contributed by atoms with E-state index in [-0.39, 0.29) is 31.0 Å². The lowest BCUT2D eigenvalue weighted by Crippen LogP contribution is -2.49. The zero-order chi connectivity index (χ0) is 18.5. The summed E-state index contributed by atoms with van der Waals surface area (Å²) >= 11 is 0. The van der Waals surface area contributed by atoms with Crippen molar-refractivity contribution in [1.29, 1.82) is 0 Å². The average Bonchev–Trinajstić information content (AvgIpc) is 3.07. The molecule has 8 heteroatoms. The molecule has 8 nitrogen and oxygen atoms in total. The maximum atomic E-state index is 13.0. The first kappa shape index (κ1) is 18.1. The van der Waals surface area contributed by atoms with Crippen molar-refractivity contribution in [1.82, 2.24) is 24.3 Å². The molecule has 1 aliphatic heterocycles. The summed E-state index contributed by atoms with van der Waals surface area (Å²) in [4.78, 5) is 36.9. The summed E-state index contributed by atoms with van der Waals surface area (Å²) in [5.74, 6) is 0.469. The first-order valence-electron chi connectivity index (χ1n) is 8.64. The van der Waals surface area contributed by atoms with Crippen molar-refractivity contribution in [3.8, 4) is 0 Å². The molecule has 0 aromatic carbocycles. The topological polar surface area (TPSA) is 80.6 Å². The first-order valence-corrected chi connectivity index (χ1v) is 8.64. The summed E-state index contributed by atoms with van der Waals surface area (Å²) in [6, 6.07) is 3.41. The molecule has 0 spiro atoms. The van der Waals surface area contributed by atoms with E-state index >= 15 is 0 Å². The van der Waals surface area contributed by atoms with E-state index in [1.165, 1.54) is 0 Å². The van der Waals surface area contributed by atoms with Crippen LogP contribution in [0.3, 0.4) is 0 Å². The third-order valence-corrected chi connectivity index (χ3v) is 4.49. The Hall–Kier alpha value is -2.74. The van der Waals surface area contributed by atoms with Crippen molar-refractivity contribution in [2.24, 2.45) is 7.05 Å². The molecule has 1 atom stereocenters. The van der Waals surface area contributed by atoms with Gasteiger partial charge in [0.2, 0.25) is 11.8 Å². The number of carbonyl (C=O) groups excluding carboxylic acids is 2. The standard InChI is InChI=1S/C18H23N5O3/c1-3-23(15(24)12-22-9-10-26-13-16(22)25)17(14-5-4-6-19-11-14)18-20-7-8-21(18)2/h4-8,11,17H,3,9-10,12-13H2,1-2H3. The van der Waals surface area contributed by atoms with E-state index in [2.05, 4.69) is 9.97 Å². The van der Waals surface area contributed by atoms with Crippen LogP contribution in [-0.2, 0) is 21.4 Å². The Balaban J connectivity index is 1.89. The van der Waals surface area contributed by atoms with Crippen LogP contribution < -0.4 is 0 Å². The van der Waals surface area contributed by atoms with Gasteiger partial charge in [0.1, 0.15) is 18.5 Å². The number of likely N-dealkylation sites (N-methyl/N-ethyl adjacent to an activating group) is 1. The van der Waals surface area contributed by atoms with Crippen LogP contribution in [0.2, 0.25) is 0 Å². The van der Waals surface area contributed by atoms with Crippen LogP contribution in [0.25, 0.3) is 0 Å². The summed E-state index contributed by atoms with van der Waals surface area (Å²) in [7, 11) is 1.90. The maximum Gasteiger partial charge on any atom is 0.249 e. The van der Waals surface area contributed by atoms with E-state index < -0.39 is 0 Å². The number of aromatic nitrogens is 3. The molecule has 0 aliphatic carbocycles. The van der Waals surface area contributed by atoms with Crippen LogP contribution in [0, 0.1) is 0 Å². The quantitative estimate of drug-likeness (QED) is 0.757. The number of morpholine rings is 1. The highest BCUT2D eigenvalue weighted by Crippen LogP contribution is 2.27. The van der Waals surface area contributed by atoms with Gasteiger partial charge in [0, 0.05) is 50.5 Å². The highest BCUT2D eigenvalue weighted by Gasteiger charge is 2.31. The molecule has 26 heavy (non-hydrogen) atoms. The largest absolute Gasteiger partial charge is 0.370 e. The summed E-state index contributed by atoms with van der Waals surface area (Å²) in [5, 5.41) is 0. The second-order valence-corrected chi connectivity index (χ2v) is 6.13. The molecule has 0 radical (unpaired) electrons. The molecular weight excluding hydrogens is 334 g/mol. The molecule has 0 bridgehead atoms. The fourth-order valence-corrected chi connectivity index (χ4v) is 3.12. The van der Waals surface area contributed by atoms with Gasteiger partial charge < -0.3 is 19.1 Å². The van der Waals surface area contributed by atoms with Crippen LogP contribution in [0.5, 0.6) is 0 Å². The van der Waals surface area contributed by atoms with E-state index in [0.29, 0.717) is 19.7 Å². The fourth-order valence-electron chi connectivity index (χ4n) is 3.12. The number of pyridine rings is 1. The Kier molecular flexibility index (Phi) is 5.62. The van der Waals surface area contributed by atoms with E-state index in [4.69, 9.17) is 4.74 Å². The van der Waals surface area contributed by atoms with Crippen molar-refractivity contribution in [2.75, 3.05) is 32.8 Å². The van der Waals surface area contributed by atoms with E-state index in [9.17, 15) is 9.59 Å². The first-order chi connectivity index (χ1) is 12.6. The summed E-state index contributed by atoms with van der Waals surface area (Å²) in [5.41, 5.74) is 0.880. The molecule has 1 saturated heterocycles. The monoisotopic (exact) mass is 357 g/mol. The van der Waals surface area contributed by atoms with Crippen LogP contribution in [-0.4, -0.2) is 69.0 Å². The summed E-state index contributed by atoms with van der Waals surface area (Å²) < 4.78 is 7.03. The fraction of sp³-hybridized carbons (Fsp3) is 0.444. The highest BCUT2D eigenvalue weighted by molar-refractivity contribution is 5.86. The lowest BCUT2D eigenvalue weighted by Gasteiger charge is -2.33. The Bertz CT molecular complexity index is 761. The number of nitrogens with zero attached hydrogens (tertiary/aromatic N) is 5. The Morgan fingerprint density at radius 3 is 2.88 bits per heavy atom. The molecular formula is C18H23N5O3. The lowest BCUT2D eigenvalue weighted by molar-refractivity contribution is -0.149. The number of amides is 2.